The number of carbonyl (C=O) groups is 4. The largest absolute Gasteiger partial charge is 0.476 e. The molecular weight excluding hydrogens is 492 g/mol. The van der Waals surface area contributed by atoms with E-state index in [4.69, 9.17) is 31.6 Å². The molecule has 0 saturated heterocycles. The summed E-state index contributed by atoms with van der Waals surface area (Å²) in [6.45, 7) is -1.12. The predicted molar refractivity (Wildman–Crippen MR) is 119 cm³/mol. The first-order valence-electron chi connectivity index (χ1n) is 9.52. The van der Waals surface area contributed by atoms with Crippen LogP contribution in [-0.2, 0) is 28.2 Å². The Kier molecular flexibility index (Phi) is 9.21. The van der Waals surface area contributed by atoms with Crippen LogP contribution in [0.15, 0.2) is 59.5 Å². The van der Waals surface area contributed by atoms with Crippen LogP contribution in [0.2, 0.25) is 0 Å². The van der Waals surface area contributed by atoms with Crippen molar-refractivity contribution in [3.05, 3.63) is 54.6 Å². The van der Waals surface area contributed by atoms with Crippen molar-refractivity contribution in [3.63, 3.8) is 0 Å². The molecule has 14 heteroatoms. The molecule has 0 bridgehead atoms. The topological polar surface area (TPSA) is 197 Å². The van der Waals surface area contributed by atoms with Crippen molar-refractivity contribution >= 4 is 43.4 Å². The number of carbonyl (C=O) groups excluding carboxylic acids is 4. The average Bonchev–Trinajstić information content (AvgIpc) is 2.78. The van der Waals surface area contributed by atoms with Gasteiger partial charge in [-0.15, -0.1) is 0 Å². The normalized spacial score (nSPS) is 12.6. The van der Waals surface area contributed by atoms with Gasteiger partial charge in [0.05, 0.1) is 18.0 Å². The van der Waals surface area contributed by atoms with E-state index in [0.717, 1.165) is 12.1 Å². The van der Waals surface area contributed by atoms with Gasteiger partial charge in [0.25, 0.3) is 20.9 Å². The standard InChI is InChI=1S/C20H21ClN4O8S/c21-34(30,31)14-8-6-13(7-9-14)33-18(20(29)25-11-16(23)27)17(19(28)24-10-15(22)26)32-12-4-2-1-3-5-12/h1-9,17-18H,10-11H2,(H2,22,26)(H2,23,27)(H,24,28)(H,25,29). The highest BCUT2D eigenvalue weighted by Gasteiger charge is 2.38. The Hall–Kier alpha value is -3.84. The fourth-order valence-corrected chi connectivity index (χ4v) is 3.30. The number of hydrogen-bond acceptors (Lipinski definition) is 8. The molecule has 2 atom stereocenters. The molecule has 0 aromatic heterocycles. The summed E-state index contributed by atoms with van der Waals surface area (Å²) in [5, 5.41) is 4.45. The zero-order valence-electron chi connectivity index (χ0n) is 17.5. The molecule has 0 saturated carbocycles. The maximum atomic E-state index is 12.8. The van der Waals surface area contributed by atoms with Crippen LogP contribution in [0.25, 0.3) is 0 Å². The van der Waals surface area contributed by atoms with E-state index >= 15 is 0 Å². The Morgan fingerprint density at radius 1 is 0.765 bits per heavy atom. The number of amides is 4. The summed E-state index contributed by atoms with van der Waals surface area (Å²) >= 11 is 0. The Morgan fingerprint density at radius 2 is 1.18 bits per heavy atom. The number of nitrogens with one attached hydrogen (secondary N) is 2. The Balaban J connectivity index is 2.41. The van der Waals surface area contributed by atoms with E-state index in [-0.39, 0.29) is 16.4 Å². The second-order valence-electron chi connectivity index (χ2n) is 6.67. The molecule has 0 aliphatic rings. The van der Waals surface area contributed by atoms with Gasteiger partial charge in [0.2, 0.25) is 24.0 Å². The number of nitrogens with two attached hydrogens (primary N) is 2. The molecule has 12 nitrogen and oxygen atoms in total. The minimum Gasteiger partial charge on any atom is -0.476 e. The van der Waals surface area contributed by atoms with E-state index in [9.17, 15) is 27.6 Å². The van der Waals surface area contributed by atoms with Crippen LogP contribution in [0.5, 0.6) is 11.5 Å². The molecule has 0 radical (unpaired) electrons. The monoisotopic (exact) mass is 512 g/mol. The summed E-state index contributed by atoms with van der Waals surface area (Å²) in [5.74, 6) is -3.44. The molecule has 0 aliphatic heterocycles. The van der Waals surface area contributed by atoms with Crippen molar-refractivity contribution in [2.75, 3.05) is 13.1 Å². The fraction of sp³-hybridized carbons (Fsp3) is 0.200. The van der Waals surface area contributed by atoms with Gasteiger partial charge in [0.15, 0.2) is 0 Å². The van der Waals surface area contributed by atoms with Crippen molar-refractivity contribution in [1.29, 1.82) is 0 Å². The number of benzene rings is 2. The van der Waals surface area contributed by atoms with Crippen molar-refractivity contribution in [1.82, 2.24) is 10.6 Å². The third-order valence-corrected chi connectivity index (χ3v) is 5.41. The summed E-state index contributed by atoms with van der Waals surface area (Å²) in [4.78, 5) is 47.7. The zero-order chi connectivity index (χ0) is 25.3. The molecule has 6 N–H and O–H groups in total. The molecule has 2 aromatic rings. The van der Waals surface area contributed by atoms with Crippen LogP contribution >= 0.6 is 10.7 Å². The first-order chi connectivity index (χ1) is 16.0. The third kappa shape index (κ3) is 8.26. The Bertz CT molecular complexity index is 1140. The smallest absolute Gasteiger partial charge is 0.266 e. The average molecular weight is 513 g/mol. The SMILES string of the molecule is NC(=O)CNC(=O)C(Oc1ccccc1)C(Oc1ccc(S(=O)(=O)Cl)cc1)C(=O)NCC(N)=O. The van der Waals surface area contributed by atoms with Gasteiger partial charge in [-0.05, 0) is 36.4 Å². The van der Waals surface area contributed by atoms with E-state index in [0.29, 0.717) is 0 Å². The minimum absolute atomic E-state index is 0.0346. The van der Waals surface area contributed by atoms with Gasteiger partial charge in [0, 0.05) is 10.7 Å². The number of para-hydroxylation sites is 1. The highest BCUT2D eigenvalue weighted by Crippen LogP contribution is 2.22. The summed E-state index contributed by atoms with van der Waals surface area (Å²) in [5.41, 5.74) is 10.1. The van der Waals surface area contributed by atoms with Gasteiger partial charge >= 0.3 is 0 Å². The summed E-state index contributed by atoms with van der Waals surface area (Å²) in [7, 11) is 1.28. The number of halogens is 1. The Morgan fingerprint density at radius 3 is 1.56 bits per heavy atom. The van der Waals surface area contributed by atoms with Gasteiger partial charge in [0.1, 0.15) is 11.5 Å². The van der Waals surface area contributed by atoms with E-state index < -0.39 is 58.0 Å². The van der Waals surface area contributed by atoms with Crippen molar-refractivity contribution in [2.24, 2.45) is 11.5 Å². The van der Waals surface area contributed by atoms with Crippen molar-refractivity contribution < 1.29 is 37.1 Å². The van der Waals surface area contributed by atoms with Crippen LogP contribution in [0, 0.1) is 0 Å². The van der Waals surface area contributed by atoms with E-state index in [1.807, 2.05) is 0 Å². The van der Waals surface area contributed by atoms with Gasteiger partial charge < -0.3 is 31.6 Å². The molecule has 182 valence electrons. The first-order valence-corrected chi connectivity index (χ1v) is 11.8. The number of ether oxygens (including phenoxy) is 2. The second kappa shape index (κ2) is 11.9. The van der Waals surface area contributed by atoms with Crippen LogP contribution in [0.3, 0.4) is 0 Å². The lowest BCUT2D eigenvalue weighted by molar-refractivity contribution is -0.143. The van der Waals surface area contributed by atoms with Crippen LogP contribution in [0.4, 0.5) is 0 Å². The van der Waals surface area contributed by atoms with E-state index in [1.54, 1.807) is 18.2 Å². The fourth-order valence-electron chi connectivity index (χ4n) is 2.53. The van der Waals surface area contributed by atoms with Crippen molar-refractivity contribution in [2.45, 2.75) is 17.1 Å². The molecule has 0 spiro atoms. The lowest BCUT2D eigenvalue weighted by atomic mass is 10.1. The molecule has 0 fully saturated rings. The zero-order valence-corrected chi connectivity index (χ0v) is 19.0. The molecular formula is C20H21ClN4O8S. The molecule has 4 amide bonds. The first kappa shape index (κ1) is 26.4. The van der Waals surface area contributed by atoms with Gasteiger partial charge in [-0.3, -0.25) is 19.2 Å². The lowest BCUT2D eigenvalue weighted by Crippen LogP contribution is -2.56. The van der Waals surface area contributed by atoms with Crippen LogP contribution in [-0.4, -0.2) is 57.3 Å². The quantitative estimate of drug-likeness (QED) is 0.260. The maximum absolute atomic E-state index is 12.8. The highest BCUT2D eigenvalue weighted by molar-refractivity contribution is 8.13. The van der Waals surface area contributed by atoms with Crippen LogP contribution in [0.1, 0.15) is 0 Å². The molecule has 34 heavy (non-hydrogen) atoms. The number of hydrogen-bond donors (Lipinski definition) is 4. The molecule has 2 unspecified atom stereocenters. The highest BCUT2D eigenvalue weighted by atomic mass is 35.7. The Labute approximate surface area is 198 Å². The molecule has 0 heterocycles. The van der Waals surface area contributed by atoms with Crippen molar-refractivity contribution in [3.8, 4) is 11.5 Å². The van der Waals surface area contributed by atoms with Crippen LogP contribution < -0.4 is 31.6 Å². The van der Waals surface area contributed by atoms with Gasteiger partial charge in [-0.1, -0.05) is 18.2 Å². The predicted octanol–water partition coefficient (Wildman–Crippen LogP) is -0.988. The number of rotatable bonds is 12. The second-order valence-corrected chi connectivity index (χ2v) is 9.23. The van der Waals surface area contributed by atoms with Gasteiger partial charge in [-0.2, -0.15) is 0 Å². The number of primary amides is 2. The third-order valence-electron chi connectivity index (χ3n) is 4.04. The molecule has 2 aromatic carbocycles. The maximum Gasteiger partial charge on any atom is 0.266 e. The summed E-state index contributed by atoms with van der Waals surface area (Å²) in [6, 6.07) is 12.6. The van der Waals surface area contributed by atoms with E-state index in [2.05, 4.69) is 10.6 Å². The minimum atomic E-state index is -4.02. The summed E-state index contributed by atoms with van der Waals surface area (Å²) < 4.78 is 34.2. The lowest BCUT2D eigenvalue weighted by Gasteiger charge is -2.27. The summed E-state index contributed by atoms with van der Waals surface area (Å²) in [6.07, 6.45) is -3.39. The molecule has 0 aliphatic carbocycles. The van der Waals surface area contributed by atoms with Gasteiger partial charge in [-0.25, -0.2) is 8.42 Å². The molecule has 2 rings (SSSR count). The van der Waals surface area contributed by atoms with E-state index in [1.165, 1.54) is 24.3 Å².